The van der Waals surface area contributed by atoms with Crippen molar-refractivity contribution in [2.24, 2.45) is 5.92 Å². The summed E-state index contributed by atoms with van der Waals surface area (Å²) in [5.74, 6) is 0.506. The van der Waals surface area contributed by atoms with Crippen molar-refractivity contribution in [1.29, 1.82) is 0 Å². The number of rotatable bonds is 7. The van der Waals surface area contributed by atoms with E-state index in [1.165, 1.54) is 11.1 Å². The Hall–Kier alpha value is -2.35. The molecule has 0 saturated carbocycles. The van der Waals surface area contributed by atoms with E-state index in [4.69, 9.17) is 0 Å². The summed E-state index contributed by atoms with van der Waals surface area (Å²) in [6.07, 6.45) is 7.74. The molecule has 1 heterocycles. The van der Waals surface area contributed by atoms with Gasteiger partial charge in [0.15, 0.2) is 0 Å². The summed E-state index contributed by atoms with van der Waals surface area (Å²) in [6, 6.07) is 22.7. The van der Waals surface area contributed by atoms with E-state index in [0.717, 1.165) is 6.42 Å². The predicted molar refractivity (Wildman–Crippen MR) is 113 cm³/mol. The van der Waals surface area contributed by atoms with Gasteiger partial charge in [-0.2, -0.15) is 0 Å². The zero-order valence-electron chi connectivity index (χ0n) is 17.3. The van der Waals surface area contributed by atoms with Crippen LogP contribution in [0.3, 0.4) is 0 Å². The van der Waals surface area contributed by atoms with Gasteiger partial charge in [0.05, 0.1) is 6.04 Å². The van der Waals surface area contributed by atoms with E-state index in [2.05, 4.69) is 123 Å². The smallest absolute Gasteiger partial charge is 0.235 e. The summed E-state index contributed by atoms with van der Waals surface area (Å²) in [6.45, 7) is 11.6. The fraction of sp³-hybridized carbons (Fsp3) is 0.400. The molecule has 3 rings (SSSR count). The highest BCUT2D eigenvalue weighted by Gasteiger charge is 2.42. The van der Waals surface area contributed by atoms with Crippen LogP contribution in [0.5, 0.6) is 0 Å². The van der Waals surface area contributed by atoms with E-state index < -0.39 is 0 Å². The van der Waals surface area contributed by atoms with Crippen LogP contribution in [0.4, 0.5) is 0 Å². The standard InChI is InChI=1S/C25H33N2/c1-20(2)24(27-17-16-26(19-27)21(3)4)25(5,23-14-10-7-11-15-23)18-22-12-8-6-9-13-22/h6-17,19-21,24H,18H2,1-5H3/q+1. The van der Waals surface area contributed by atoms with Crippen LogP contribution in [-0.4, -0.2) is 4.57 Å². The molecule has 142 valence electrons. The molecule has 0 spiro atoms. The van der Waals surface area contributed by atoms with Crippen molar-refractivity contribution in [3.8, 4) is 0 Å². The number of nitrogens with zero attached hydrogens (tertiary/aromatic N) is 2. The molecule has 2 nitrogen and oxygen atoms in total. The van der Waals surface area contributed by atoms with Crippen molar-refractivity contribution >= 4 is 0 Å². The molecule has 0 fully saturated rings. The van der Waals surface area contributed by atoms with E-state index in [9.17, 15) is 0 Å². The molecule has 0 saturated heterocycles. The lowest BCUT2D eigenvalue weighted by atomic mass is 9.68. The Morgan fingerprint density at radius 3 is 2.00 bits per heavy atom. The number of aromatic nitrogens is 2. The summed E-state index contributed by atoms with van der Waals surface area (Å²) in [5, 5.41) is 0. The average molecular weight is 362 g/mol. The SMILES string of the molecule is CC(C)C([n+]1ccn(C(C)C)c1)C(C)(Cc1ccccc1)c1ccccc1. The Morgan fingerprint density at radius 2 is 1.48 bits per heavy atom. The Kier molecular flexibility index (Phi) is 5.84. The molecule has 2 unspecified atom stereocenters. The van der Waals surface area contributed by atoms with Crippen LogP contribution < -0.4 is 4.57 Å². The van der Waals surface area contributed by atoms with Crippen molar-refractivity contribution in [2.45, 2.75) is 58.5 Å². The fourth-order valence-electron chi connectivity index (χ4n) is 4.48. The van der Waals surface area contributed by atoms with Gasteiger partial charge in [-0.05, 0) is 37.3 Å². The molecular weight excluding hydrogens is 328 g/mol. The second-order valence-electron chi connectivity index (χ2n) is 8.54. The molecule has 27 heavy (non-hydrogen) atoms. The molecular formula is C25H33N2+. The third kappa shape index (κ3) is 4.16. The van der Waals surface area contributed by atoms with Crippen LogP contribution in [0.1, 0.15) is 57.8 Å². The Balaban J connectivity index is 2.10. The first-order valence-electron chi connectivity index (χ1n) is 10.1. The van der Waals surface area contributed by atoms with Gasteiger partial charge in [-0.25, -0.2) is 9.13 Å². The molecule has 0 amide bonds. The van der Waals surface area contributed by atoms with Gasteiger partial charge in [-0.3, -0.25) is 0 Å². The van der Waals surface area contributed by atoms with Gasteiger partial charge >= 0.3 is 0 Å². The molecule has 3 aromatic rings. The van der Waals surface area contributed by atoms with Crippen LogP contribution in [-0.2, 0) is 11.8 Å². The first-order valence-corrected chi connectivity index (χ1v) is 10.1. The molecule has 0 radical (unpaired) electrons. The third-order valence-corrected chi connectivity index (χ3v) is 5.73. The van der Waals surface area contributed by atoms with Gasteiger partial charge in [0.2, 0.25) is 6.33 Å². The fourth-order valence-corrected chi connectivity index (χ4v) is 4.48. The molecule has 0 aliphatic rings. The second kappa shape index (κ2) is 8.12. The minimum atomic E-state index is -0.00932. The van der Waals surface area contributed by atoms with E-state index in [-0.39, 0.29) is 5.41 Å². The van der Waals surface area contributed by atoms with Crippen LogP contribution >= 0.6 is 0 Å². The molecule has 0 aliphatic carbocycles. The molecule has 2 heteroatoms. The number of benzene rings is 2. The summed E-state index contributed by atoms with van der Waals surface area (Å²) in [5.41, 5.74) is 2.78. The van der Waals surface area contributed by atoms with Crippen LogP contribution in [0.15, 0.2) is 79.4 Å². The van der Waals surface area contributed by atoms with Gasteiger partial charge in [0.25, 0.3) is 0 Å². The van der Waals surface area contributed by atoms with Crippen molar-refractivity contribution in [3.05, 3.63) is 90.5 Å². The zero-order valence-corrected chi connectivity index (χ0v) is 17.3. The quantitative estimate of drug-likeness (QED) is 0.474. The zero-order chi connectivity index (χ0) is 19.4. The maximum atomic E-state index is 2.43. The summed E-state index contributed by atoms with van der Waals surface area (Å²) in [4.78, 5) is 0. The molecule has 1 aromatic heterocycles. The Morgan fingerprint density at radius 1 is 0.889 bits per heavy atom. The van der Waals surface area contributed by atoms with Crippen molar-refractivity contribution in [1.82, 2.24) is 4.57 Å². The lowest BCUT2D eigenvalue weighted by molar-refractivity contribution is -0.738. The predicted octanol–water partition coefficient (Wildman–Crippen LogP) is 5.75. The van der Waals surface area contributed by atoms with Gasteiger partial charge in [-0.15, -0.1) is 0 Å². The highest BCUT2D eigenvalue weighted by Crippen LogP contribution is 2.40. The minimum absolute atomic E-state index is 0.00932. The third-order valence-electron chi connectivity index (χ3n) is 5.73. The summed E-state index contributed by atoms with van der Waals surface area (Å²) >= 11 is 0. The van der Waals surface area contributed by atoms with E-state index in [1.54, 1.807) is 0 Å². The number of hydrogen-bond donors (Lipinski definition) is 0. The first-order chi connectivity index (χ1) is 12.9. The number of hydrogen-bond acceptors (Lipinski definition) is 0. The van der Waals surface area contributed by atoms with E-state index >= 15 is 0 Å². The highest BCUT2D eigenvalue weighted by molar-refractivity contribution is 5.30. The molecule has 0 bridgehead atoms. The Labute approximate surface area is 164 Å². The summed E-state index contributed by atoms with van der Waals surface area (Å²) in [7, 11) is 0. The van der Waals surface area contributed by atoms with Gasteiger partial charge in [-0.1, -0.05) is 81.4 Å². The lowest BCUT2D eigenvalue weighted by Crippen LogP contribution is -2.53. The van der Waals surface area contributed by atoms with Crippen LogP contribution in [0.25, 0.3) is 0 Å². The van der Waals surface area contributed by atoms with Gasteiger partial charge in [0.1, 0.15) is 18.4 Å². The molecule has 2 aromatic carbocycles. The normalized spacial score (nSPS) is 15.1. The van der Waals surface area contributed by atoms with Crippen LogP contribution in [0.2, 0.25) is 0 Å². The van der Waals surface area contributed by atoms with E-state index in [0.29, 0.717) is 18.0 Å². The highest BCUT2D eigenvalue weighted by atomic mass is 15.1. The molecule has 0 aliphatic heterocycles. The first kappa shape index (κ1) is 19.4. The van der Waals surface area contributed by atoms with E-state index in [1.807, 2.05) is 0 Å². The second-order valence-corrected chi connectivity index (χ2v) is 8.54. The number of imidazole rings is 1. The Bertz CT molecular complexity index is 833. The van der Waals surface area contributed by atoms with Crippen molar-refractivity contribution in [2.75, 3.05) is 0 Å². The lowest BCUT2D eigenvalue weighted by Gasteiger charge is -2.38. The molecule has 0 N–H and O–H groups in total. The molecule has 2 atom stereocenters. The van der Waals surface area contributed by atoms with Crippen molar-refractivity contribution < 1.29 is 4.57 Å². The monoisotopic (exact) mass is 361 g/mol. The maximum absolute atomic E-state index is 2.43. The van der Waals surface area contributed by atoms with Gasteiger partial charge in [0, 0.05) is 5.41 Å². The summed E-state index contributed by atoms with van der Waals surface area (Å²) < 4.78 is 4.73. The maximum Gasteiger partial charge on any atom is 0.244 e. The topological polar surface area (TPSA) is 8.81 Å². The largest absolute Gasteiger partial charge is 0.244 e. The van der Waals surface area contributed by atoms with Crippen LogP contribution in [0, 0.1) is 5.92 Å². The van der Waals surface area contributed by atoms with Crippen molar-refractivity contribution in [3.63, 3.8) is 0 Å². The minimum Gasteiger partial charge on any atom is -0.235 e. The average Bonchev–Trinajstić information content (AvgIpc) is 3.13. The van der Waals surface area contributed by atoms with Gasteiger partial charge < -0.3 is 0 Å².